The van der Waals surface area contributed by atoms with E-state index in [0.29, 0.717) is 0 Å². The molecule has 1 rings (SSSR count). The summed E-state index contributed by atoms with van der Waals surface area (Å²) in [4.78, 5) is 0. The molecule has 0 bridgehead atoms. The van der Waals surface area contributed by atoms with Crippen molar-refractivity contribution in [2.45, 2.75) is 12.5 Å². The summed E-state index contributed by atoms with van der Waals surface area (Å²) < 4.78 is 0. The third-order valence-electron chi connectivity index (χ3n) is 1.28. The van der Waals surface area contributed by atoms with Crippen LogP contribution in [0.15, 0.2) is 12.2 Å². The van der Waals surface area contributed by atoms with Crippen molar-refractivity contribution >= 4 is 0 Å². The monoisotopic (exact) mass is 113 g/mol. The first-order valence-corrected chi connectivity index (χ1v) is 2.94. The molecule has 0 saturated carbocycles. The standard InChI is InChI=1S/C6H11NO/c8-5-6-3-1-2-4-7-6/h1,3,6-8H,2,4-5H2/t6-/m0/s1. The topological polar surface area (TPSA) is 32.3 Å². The fraction of sp³-hybridized carbons (Fsp3) is 0.667. The van der Waals surface area contributed by atoms with Gasteiger partial charge in [0.1, 0.15) is 0 Å². The smallest absolute Gasteiger partial charge is 0.0620 e. The summed E-state index contributed by atoms with van der Waals surface area (Å²) in [7, 11) is 0. The van der Waals surface area contributed by atoms with Gasteiger partial charge in [-0.25, -0.2) is 0 Å². The Hall–Kier alpha value is -0.340. The lowest BCUT2D eigenvalue weighted by Crippen LogP contribution is -2.33. The normalized spacial score (nSPS) is 28.4. The van der Waals surface area contributed by atoms with E-state index in [4.69, 9.17) is 5.11 Å². The number of nitrogens with one attached hydrogen (secondary N) is 1. The Balaban J connectivity index is 2.32. The predicted molar refractivity (Wildman–Crippen MR) is 32.6 cm³/mol. The van der Waals surface area contributed by atoms with Gasteiger partial charge in [0, 0.05) is 6.04 Å². The highest BCUT2D eigenvalue weighted by Crippen LogP contribution is 1.94. The number of aliphatic hydroxyl groups excluding tert-OH is 1. The fourth-order valence-electron chi connectivity index (χ4n) is 0.806. The molecule has 2 heteroatoms. The van der Waals surface area contributed by atoms with Crippen molar-refractivity contribution < 1.29 is 5.11 Å². The first kappa shape index (κ1) is 5.79. The van der Waals surface area contributed by atoms with E-state index in [1.165, 1.54) is 0 Å². The molecule has 2 nitrogen and oxygen atoms in total. The van der Waals surface area contributed by atoms with Crippen LogP contribution in [-0.4, -0.2) is 24.3 Å². The molecule has 1 atom stereocenters. The maximum Gasteiger partial charge on any atom is 0.0620 e. The molecule has 8 heavy (non-hydrogen) atoms. The van der Waals surface area contributed by atoms with Gasteiger partial charge < -0.3 is 10.4 Å². The van der Waals surface area contributed by atoms with E-state index >= 15 is 0 Å². The average molecular weight is 113 g/mol. The van der Waals surface area contributed by atoms with Crippen LogP contribution in [0, 0.1) is 0 Å². The van der Waals surface area contributed by atoms with Crippen LogP contribution in [0.5, 0.6) is 0 Å². The number of hydrogen-bond acceptors (Lipinski definition) is 2. The third kappa shape index (κ3) is 1.32. The highest BCUT2D eigenvalue weighted by Gasteiger charge is 2.02. The summed E-state index contributed by atoms with van der Waals surface area (Å²) in [6.07, 6.45) is 5.19. The maximum atomic E-state index is 8.58. The van der Waals surface area contributed by atoms with E-state index in [9.17, 15) is 0 Å². The van der Waals surface area contributed by atoms with Crippen LogP contribution in [0.4, 0.5) is 0 Å². The van der Waals surface area contributed by atoms with Crippen LogP contribution in [0.25, 0.3) is 0 Å². The quantitative estimate of drug-likeness (QED) is 0.465. The molecule has 0 fully saturated rings. The minimum Gasteiger partial charge on any atom is -0.394 e. The molecule has 0 aromatic heterocycles. The van der Waals surface area contributed by atoms with Crippen molar-refractivity contribution in [1.29, 1.82) is 0 Å². The molecule has 0 aromatic carbocycles. The van der Waals surface area contributed by atoms with E-state index in [1.54, 1.807) is 0 Å². The number of aliphatic hydroxyl groups is 1. The van der Waals surface area contributed by atoms with Gasteiger partial charge in [0.2, 0.25) is 0 Å². The molecule has 0 aliphatic carbocycles. The largest absolute Gasteiger partial charge is 0.394 e. The summed E-state index contributed by atoms with van der Waals surface area (Å²) >= 11 is 0. The predicted octanol–water partition coefficient (Wildman–Crippen LogP) is -0.103. The minimum absolute atomic E-state index is 0.212. The lowest BCUT2D eigenvalue weighted by molar-refractivity contribution is 0.262. The molecular formula is C6H11NO. The molecule has 1 heterocycles. The minimum atomic E-state index is 0.212. The zero-order valence-electron chi connectivity index (χ0n) is 4.80. The van der Waals surface area contributed by atoms with Gasteiger partial charge >= 0.3 is 0 Å². The van der Waals surface area contributed by atoms with Gasteiger partial charge in [-0.3, -0.25) is 0 Å². The summed E-state index contributed by atoms with van der Waals surface area (Å²) in [6, 6.07) is 0.212. The molecule has 2 N–H and O–H groups in total. The van der Waals surface area contributed by atoms with Crippen molar-refractivity contribution in [2.24, 2.45) is 0 Å². The van der Waals surface area contributed by atoms with Crippen molar-refractivity contribution in [1.82, 2.24) is 5.32 Å². The molecule has 1 aliphatic rings. The van der Waals surface area contributed by atoms with Crippen LogP contribution in [0.1, 0.15) is 6.42 Å². The van der Waals surface area contributed by atoms with Crippen molar-refractivity contribution in [3.8, 4) is 0 Å². The zero-order valence-corrected chi connectivity index (χ0v) is 4.80. The van der Waals surface area contributed by atoms with Gasteiger partial charge in [-0.15, -0.1) is 0 Å². The molecule has 0 spiro atoms. The molecule has 0 saturated heterocycles. The van der Waals surface area contributed by atoms with E-state index in [2.05, 4.69) is 11.4 Å². The van der Waals surface area contributed by atoms with Crippen LogP contribution >= 0.6 is 0 Å². The van der Waals surface area contributed by atoms with Gasteiger partial charge in [-0.1, -0.05) is 12.2 Å². The molecule has 0 amide bonds. The zero-order chi connectivity index (χ0) is 5.82. The molecule has 1 aliphatic heterocycles. The Morgan fingerprint density at radius 1 is 1.75 bits per heavy atom. The lowest BCUT2D eigenvalue weighted by Gasteiger charge is -2.14. The summed E-state index contributed by atoms with van der Waals surface area (Å²) in [5.74, 6) is 0. The fourth-order valence-corrected chi connectivity index (χ4v) is 0.806. The van der Waals surface area contributed by atoms with E-state index in [1.807, 2.05) is 6.08 Å². The summed E-state index contributed by atoms with van der Waals surface area (Å²) in [5, 5.41) is 11.7. The Morgan fingerprint density at radius 2 is 2.62 bits per heavy atom. The second kappa shape index (κ2) is 2.84. The highest BCUT2D eigenvalue weighted by molar-refractivity contribution is 4.97. The summed E-state index contributed by atoms with van der Waals surface area (Å²) in [6.45, 7) is 1.22. The second-order valence-electron chi connectivity index (χ2n) is 1.96. The van der Waals surface area contributed by atoms with Crippen LogP contribution in [0.2, 0.25) is 0 Å². The Morgan fingerprint density at radius 3 is 3.00 bits per heavy atom. The third-order valence-corrected chi connectivity index (χ3v) is 1.28. The first-order valence-electron chi connectivity index (χ1n) is 2.94. The highest BCUT2D eigenvalue weighted by atomic mass is 16.3. The molecule has 0 unspecified atom stereocenters. The maximum absolute atomic E-state index is 8.58. The van der Waals surface area contributed by atoms with Gasteiger partial charge in [-0.05, 0) is 13.0 Å². The average Bonchev–Trinajstić information content (AvgIpc) is 1.90. The van der Waals surface area contributed by atoms with Gasteiger partial charge in [0.25, 0.3) is 0 Å². The Bertz CT molecular complexity index is 90.5. The van der Waals surface area contributed by atoms with Gasteiger partial charge in [-0.2, -0.15) is 0 Å². The van der Waals surface area contributed by atoms with Crippen molar-refractivity contribution in [3.05, 3.63) is 12.2 Å². The molecular weight excluding hydrogens is 102 g/mol. The van der Waals surface area contributed by atoms with E-state index in [-0.39, 0.29) is 12.6 Å². The lowest BCUT2D eigenvalue weighted by atomic mass is 10.2. The Kier molecular flexibility index (Phi) is 2.06. The summed E-state index contributed by atoms with van der Waals surface area (Å²) in [5.41, 5.74) is 0. The van der Waals surface area contributed by atoms with Crippen LogP contribution in [-0.2, 0) is 0 Å². The molecule has 46 valence electrons. The number of hydrogen-bond donors (Lipinski definition) is 2. The molecule has 0 radical (unpaired) electrons. The van der Waals surface area contributed by atoms with Crippen molar-refractivity contribution in [3.63, 3.8) is 0 Å². The Labute approximate surface area is 49.2 Å². The van der Waals surface area contributed by atoms with Crippen molar-refractivity contribution in [2.75, 3.05) is 13.2 Å². The second-order valence-corrected chi connectivity index (χ2v) is 1.96. The van der Waals surface area contributed by atoms with Crippen LogP contribution < -0.4 is 5.32 Å². The SMILES string of the molecule is OC[C@@H]1C=CCCN1. The number of rotatable bonds is 1. The van der Waals surface area contributed by atoms with E-state index < -0.39 is 0 Å². The van der Waals surface area contributed by atoms with E-state index in [0.717, 1.165) is 13.0 Å². The molecule has 0 aromatic rings. The first-order chi connectivity index (χ1) is 3.93. The van der Waals surface area contributed by atoms with Gasteiger partial charge in [0.05, 0.1) is 6.61 Å². The van der Waals surface area contributed by atoms with Crippen LogP contribution in [0.3, 0.4) is 0 Å². The van der Waals surface area contributed by atoms with Gasteiger partial charge in [0.15, 0.2) is 0 Å².